The molecule has 4 aliphatic rings. The Bertz CT molecular complexity index is 1860. The molecule has 266 valence electrons. The van der Waals surface area contributed by atoms with E-state index >= 15 is 0 Å². The predicted octanol–water partition coefficient (Wildman–Crippen LogP) is 6.19. The molecule has 6 rings (SSSR count). The molecule has 2 aromatic carbocycles. The summed E-state index contributed by atoms with van der Waals surface area (Å²) in [6.07, 6.45) is -6.64. The third-order valence-electron chi connectivity index (χ3n) is 9.88. The third-order valence-corrected chi connectivity index (χ3v) is 11.3. The molecule has 0 bridgehead atoms. The number of carbonyl (C=O) groups excluding carboxylic acids is 4. The van der Waals surface area contributed by atoms with E-state index in [0.717, 1.165) is 4.90 Å². The van der Waals surface area contributed by atoms with Gasteiger partial charge in [-0.1, -0.05) is 23.8 Å². The Labute approximate surface area is 290 Å². The van der Waals surface area contributed by atoms with E-state index in [1.165, 1.54) is 51.6 Å². The number of benzene rings is 2. The zero-order valence-electron chi connectivity index (χ0n) is 26.2. The molecular weight excluding hydrogens is 721 g/mol. The number of imide groups is 2. The number of likely N-dealkylation sites (tertiary alicyclic amines) is 1. The number of halogens is 8. The Morgan fingerprint density at radius 1 is 0.860 bits per heavy atom. The van der Waals surface area contributed by atoms with Crippen molar-refractivity contribution in [3.05, 3.63) is 64.7 Å². The molecule has 1 saturated carbocycles. The number of phenols is 1. The Kier molecular flexibility index (Phi) is 8.29. The molecule has 2 aliphatic carbocycles. The van der Waals surface area contributed by atoms with E-state index in [1.54, 1.807) is 0 Å². The molecule has 50 heavy (non-hydrogen) atoms. The van der Waals surface area contributed by atoms with Crippen LogP contribution in [0.3, 0.4) is 0 Å². The monoisotopic (exact) mass is 746 g/mol. The minimum Gasteiger partial charge on any atom is -0.502 e. The zero-order valence-corrected chi connectivity index (χ0v) is 27.7. The van der Waals surface area contributed by atoms with Gasteiger partial charge in [-0.15, -0.1) is 23.2 Å². The van der Waals surface area contributed by atoms with Crippen molar-refractivity contribution >= 4 is 58.6 Å². The number of carbonyl (C=O) groups is 4. The van der Waals surface area contributed by atoms with Gasteiger partial charge >= 0.3 is 12.4 Å². The molecule has 1 N–H and O–H groups in total. The number of methoxy groups -OCH3 is 2. The van der Waals surface area contributed by atoms with Crippen LogP contribution in [0.15, 0.2) is 48.1 Å². The molecule has 4 amide bonds. The second-order valence-electron chi connectivity index (χ2n) is 12.5. The van der Waals surface area contributed by atoms with Gasteiger partial charge in [0.2, 0.25) is 17.6 Å². The molecule has 6 atom stereocenters. The molecule has 17 heteroatoms. The number of amides is 4. The van der Waals surface area contributed by atoms with E-state index in [-0.39, 0.29) is 29.7 Å². The van der Waals surface area contributed by atoms with Crippen molar-refractivity contribution in [2.24, 2.45) is 23.7 Å². The summed E-state index contributed by atoms with van der Waals surface area (Å²) in [5.41, 5.74) is -3.65. The maximum Gasteiger partial charge on any atom is 0.416 e. The first-order valence-electron chi connectivity index (χ1n) is 14.9. The van der Waals surface area contributed by atoms with E-state index in [1.807, 2.05) is 0 Å². The minimum absolute atomic E-state index is 0.0304. The third kappa shape index (κ3) is 5.06. The normalized spacial score (nSPS) is 29.7. The van der Waals surface area contributed by atoms with Crippen LogP contribution in [-0.4, -0.2) is 64.7 Å². The van der Waals surface area contributed by atoms with Crippen molar-refractivity contribution < 1.29 is 60.1 Å². The number of hydrogen-bond acceptors (Lipinski definition) is 7. The summed E-state index contributed by atoms with van der Waals surface area (Å²) in [5, 5.41) is 10.3. The molecular formula is C33H26Cl2F6N2O7. The van der Waals surface area contributed by atoms with Gasteiger partial charge < -0.3 is 14.6 Å². The second kappa shape index (κ2) is 11.7. The molecule has 0 radical (unpaired) electrons. The lowest BCUT2D eigenvalue weighted by Crippen LogP contribution is -2.60. The highest BCUT2D eigenvalue weighted by Crippen LogP contribution is 2.63. The molecule has 0 spiro atoms. The summed E-state index contributed by atoms with van der Waals surface area (Å²) in [6, 6.07) is 3.34. The molecule has 3 fully saturated rings. The first-order valence-corrected chi connectivity index (χ1v) is 15.7. The minimum atomic E-state index is -5.24. The van der Waals surface area contributed by atoms with Crippen LogP contribution in [0, 0.1) is 23.7 Å². The van der Waals surface area contributed by atoms with Crippen molar-refractivity contribution in [2.75, 3.05) is 26.2 Å². The van der Waals surface area contributed by atoms with Crippen LogP contribution in [0.25, 0.3) is 6.08 Å². The van der Waals surface area contributed by atoms with Gasteiger partial charge in [0.05, 0.1) is 42.9 Å². The van der Waals surface area contributed by atoms with Gasteiger partial charge in [-0.2, -0.15) is 26.3 Å². The lowest BCUT2D eigenvalue weighted by molar-refractivity contribution is -0.143. The average molecular weight is 747 g/mol. The van der Waals surface area contributed by atoms with Crippen molar-refractivity contribution in [2.45, 2.75) is 34.9 Å². The van der Waals surface area contributed by atoms with Gasteiger partial charge in [0.25, 0.3) is 11.8 Å². The Balaban J connectivity index is 1.47. The van der Waals surface area contributed by atoms with Crippen LogP contribution in [0.4, 0.5) is 32.0 Å². The summed E-state index contributed by atoms with van der Waals surface area (Å²) in [7, 11) is 3.78. The predicted molar refractivity (Wildman–Crippen MR) is 165 cm³/mol. The quantitative estimate of drug-likeness (QED) is 0.168. The number of rotatable bonds is 5. The first-order chi connectivity index (χ1) is 23.2. The van der Waals surface area contributed by atoms with Gasteiger partial charge in [0, 0.05) is 13.0 Å². The molecule has 0 aromatic heterocycles. The molecule has 2 aliphatic heterocycles. The second-order valence-corrected chi connectivity index (χ2v) is 13.7. The number of alkyl halides is 8. The summed E-state index contributed by atoms with van der Waals surface area (Å²) in [5.74, 6) is -9.01. The van der Waals surface area contributed by atoms with Crippen LogP contribution < -0.4 is 14.4 Å². The van der Waals surface area contributed by atoms with Crippen LogP contribution in [0.2, 0.25) is 0 Å². The molecule has 2 aromatic rings. The van der Waals surface area contributed by atoms with Gasteiger partial charge in [0.15, 0.2) is 21.2 Å². The molecule has 2 heterocycles. The smallest absolute Gasteiger partial charge is 0.416 e. The van der Waals surface area contributed by atoms with Gasteiger partial charge in [-0.05, 0) is 54.7 Å². The largest absolute Gasteiger partial charge is 0.502 e. The summed E-state index contributed by atoms with van der Waals surface area (Å²) < 4.78 is 92.5. The average Bonchev–Trinajstić information content (AvgIpc) is 3.38. The number of fused-ring (bicyclic) bond motifs is 4. The number of allylic oxidation sites excluding steroid dienone is 3. The number of hydrogen-bond donors (Lipinski definition) is 1. The number of ether oxygens (including phenoxy) is 2. The Morgan fingerprint density at radius 3 is 1.94 bits per heavy atom. The fourth-order valence-corrected chi connectivity index (χ4v) is 8.51. The fraction of sp³-hybridized carbons (Fsp3) is 0.394. The number of nitrogens with zero attached hydrogens (tertiary/aromatic N) is 2. The van der Waals surface area contributed by atoms with Crippen LogP contribution in [0.5, 0.6) is 17.2 Å². The Hall–Kier alpha value is -4.24. The van der Waals surface area contributed by atoms with Crippen LogP contribution in [0.1, 0.15) is 29.5 Å². The molecule has 2 saturated heterocycles. The topological polar surface area (TPSA) is 113 Å². The van der Waals surface area contributed by atoms with Gasteiger partial charge in [-0.25, -0.2) is 4.90 Å². The van der Waals surface area contributed by atoms with Crippen LogP contribution >= 0.6 is 23.2 Å². The number of aromatic hydroxyl groups is 1. The lowest BCUT2D eigenvalue weighted by atomic mass is 9.57. The highest BCUT2D eigenvalue weighted by atomic mass is 35.5. The fourth-order valence-electron chi connectivity index (χ4n) is 7.53. The van der Waals surface area contributed by atoms with E-state index in [0.29, 0.717) is 28.2 Å². The van der Waals surface area contributed by atoms with Crippen molar-refractivity contribution in [1.82, 2.24) is 4.90 Å². The lowest BCUT2D eigenvalue weighted by Gasteiger charge is -2.49. The SMILES string of the molecule is COc1cc(C=CC2C3=CCC4C(=O)N(c5cc(C(F)(F)F)cc(C(F)(F)F)c5)C(=O)C4C3CC3(Cl)C(=O)N(C)C(=O)C23Cl)cc(OC)c1O. The van der Waals surface area contributed by atoms with Crippen molar-refractivity contribution in [3.8, 4) is 17.2 Å². The highest BCUT2D eigenvalue weighted by molar-refractivity contribution is 6.53. The molecule has 6 unspecified atom stereocenters. The van der Waals surface area contributed by atoms with E-state index in [2.05, 4.69) is 0 Å². The maximum absolute atomic E-state index is 14.1. The first kappa shape index (κ1) is 35.6. The number of anilines is 1. The highest BCUT2D eigenvalue weighted by Gasteiger charge is 2.75. The van der Waals surface area contributed by atoms with E-state index < -0.39 is 92.6 Å². The standard InChI is InChI=1S/C33H26Cl2F6N2O7/c1-42-28(47)30(34)13-20-18(21(31(30,35)29(42)48)7-4-14-8-22(49-2)25(44)23(9-14)50-3)5-6-19-24(20)27(46)43(26(19)45)17-11-15(32(36,37)38)10-16(12-17)33(39,40)41/h4-5,7-12,19-21,24,44H,6,13H2,1-3H3. The molecule has 9 nitrogen and oxygen atoms in total. The summed E-state index contributed by atoms with van der Waals surface area (Å²) in [6.45, 7) is 0. The van der Waals surface area contributed by atoms with E-state index in [9.17, 15) is 50.6 Å². The van der Waals surface area contributed by atoms with Crippen molar-refractivity contribution in [3.63, 3.8) is 0 Å². The summed E-state index contributed by atoms with van der Waals surface area (Å²) >= 11 is 14.1. The van der Waals surface area contributed by atoms with E-state index in [4.69, 9.17) is 32.7 Å². The zero-order chi connectivity index (χ0) is 36.9. The van der Waals surface area contributed by atoms with Crippen LogP contribution in [-0.2, 0) is 31.5 Å². The van der Waals surface area contributed by atoms with Gasteiger partial charge in [-0.3, -0.25) is 24.1 Å². The van der Waals surface area contributed by atoms with Crippen molar-refractivity contribution in [1.29, 1.82) is 0 Å². The summed E-state index contributed by atoms with van der Waals surface area (Å²) in [4.78, 5) is 51.7. The Morgan fingerprint density at radius 2 is 1.42 bits per heavy atom. The number of phenolic OH excluding ortho intramolecular Hbond substituents is 1. The van der Waals surface area contributed by atoms with Gasteiger partial charge in [0.1, 0.15) is 0 Å². The maximum atomic E-state index is 14.1.